The Kier molecular flexibility index (Phi) is 57.7. The van der Waals surface area contributed by atoms with E-state index in [0.717, 1.165) is 83.5 Å². The molecule has 0 radical (unpaired) electrons. The second kappa shape index (κ2) is 59.9. The Balaban J connectivity index is 4.32. The highest BCUT2D eigenvalue weighted by atomic mass is 16.6. The number of allylic oxidation sites excluding steroid dienone is 8. The molecule has 71 heavy (non-hydrogen) atoms. The predicted octanol–water partition coefficient (Wildman–Crippen LogP) is 21.0. The van der Waals surface area contributed by atoms with Gasteiger partial charge in [-0.05, 0) is 96.3 Å². The molecule has 0 N–H and O–H groups in total. The standard InChI is InChI=1S/C65H118O6/c1-4-7-10-13-16-19-22-25-27-29-31-32-34-35-37-40-43-46-49-52-55-58-64(67)70-61-62(60-69-63(66)57-54-51-48-45-42-39-24-21-18-15-12-9-6-3)71-65(68)59-56-53-50-47-44-41-38-36-33-30-28-26-23-20-17-14-11-8-5-2/h12,15,21,24,26,28-29,31,62H,4-11,13-14,16-20,22-23,25,27,30,32-61H2,1-3H3/b15-12-,24-21-,28-26-,31-29-. The van der Waals surface area contributed by atoms with Crippen LogP contribution in [-0.2, 0) is 28.6 Å². The Morgan fingerprint density at radius 2 is 0.535 bits per heavy atom. The van der Waals surface area contributed by atoms with Crippen molar-refractivity contribution in [3.8, 4) is 0 Å². The smallest absolute Gasteiger partial charge is 0.306 e. The number of hydrogen-bond donors (Lipinski definition) is 0. The molecule has 6 heteroatoms. The predicted molar refractivity (Wildman–Crippen MR) is 307 cm³/mol. The van der Waals surface area contributed by atoms with Crippen molar-refractivity contribution in [3.05, 3.63) is 48.6 Å². The molecule has 0 heterocycles. The first-order valence-corrected chi connectivity index (χ1v) is 31.1. The Morgan fingerprint density at radius 3 is 0.845 bits per heavy atom. The summed E-state index contributed by atoms with van der Waals surface area (Å²) in [5, 5.41) is 0. The van der Waals surface area contributed by atoms with E-state index >= 15 is 0 Å². The van der Waals surface area contributed by atoms with E-state index in [1.807, 2.05) is 0 Å². The lowest BCUT2D eigenvalue weighted by Gasteiger charge is -2.18. The molecule has 0 bridgehead atoms. The Labute approximate surface area is 441 Å². The molecule has 0 aromatic heterocycles. The number of rotatable bonds is 57. The fraction of sp³-hybridized carbons (Fsp3) is 0.831. The van der Waals surface area contributed by atoms with Crippen LogP contribution < -0.4 is 0 Å². The third kappa shape index (κ3) is 58.1. The Hall–Kier alpha value is -2.63. The van der Waals surface area contributed by atoms with Crippen molar-refractivity contribution in [2.75, 3.05) is 13.2 Å². The van der Waals surface area contributed by atoms with E-state index in [4.69, 9.17) is 14.2 Å². The lowest BCUT2D eigenvalue weighted by Crippen LogP contribution is -2.30. The molecule has 0 aromatic carbocycles. The van der Waals surface area contributed by atoms with Gasteiger partial charge in [-0.25, -0.2) is 0 Å². The zero-order chi connectivity index (χ0) is 51.4. The van der Waals surface area contributed by atoms with Crippen LogP contribution in [0.4, 0.5) is 0 Å². The normalized spacial score (nSPS) is 12.3. The van der Waals surface area contributed by atoms with Crippen LogP contribution in [0.3, 0.4) is 0 Å². The van der Waals surface area contributed by atoms with Crippen molar-refractivity contribution >= 4 is 17.9 Å². The van der Waals surface area contributed by atoms with E-state index in [1.165, 1.54) is 205 Å². The van der Waals surface area contributed by atoms with Crippen LogP contribution in [0.25, 0.3) is 0 Å². The van der Waals surface area contributed by atoms with Gasteiger partial charge in [-0.15, -0.1) is 0 Å². The van der Waals surface area contributed by atoms with Gasteiger partial charge in [-0.1, -0.05) is 262 Å². The van der Waals surface area contributed by atoms with E-state index < -0.39 is 6.10 Å². The van der Waals surface area contributed by atoms with Gasteiger partial charge >= 0.3 is 17.9 Å². The molecule has 0 aliphatic rings. The number of carbonyl (C=O) groups is 3. The average Bonchev–Trinajstić information content (AvgIpc) is 3.37. The third-order valence-corrected chi connectivity index (χ3v) is 13.8. The summed E-state index contributed by atoms with van der Waals surface area (Å²) in [6, 6.07) is 0. The van der Waals surface area contributed by atoms with Crippen LogP contribution in [0.2, 0.25) is 0 Å². The second-order valence-corrected chi connectivity index (χ2v) is 21.0. The first-order valence-electron chi connectivity index (χ1n) is 31.1. The molecule has 0 aliphatic heterocycles. The second-order valence-electron chi connectivity index (χ2n) is 21.0. The van der Waals surface area contributed by atoms with Crippen molar-refractivity contribution in [2.24, 2.45) is 0 Å². The highest BCUT2D eigenvalue weighted by Crippen LogP contribution is 2.16. The van der Waals surface area contributed by atoms with E-state index in [2.05, 4.69) is 69.4 Å². The van der Waals surface area contributed by atoms with Crippen LogP contribution in [0.5, 0.6) is 0 Å². The molecule has 0 fully saturated rings. The fourth-order valence-electron chi connectivity index (χ4n) is 9.06. The molecular weight excluding hydrogens is 877 g/mol. The minimum absolute atomic E-state index is 0.0775. The molecule has 0 saturated carbocycles. The summed E-state index contributed by atoms with van der Waals surface area (Å²) in [7, 11) is 0. The SMILES string of the molecule is CCC/C=C\C/C=C\CCCCCCCC(=O)OCC(COC(=O)CCCCCCCCCCC/C=C\CCCCCCCCCC)OC(=O)CCCCCCCCCCC/C=C\CCCCCCCC. The van der Waals surface area contributed by atoms with Crippen molar-refractivity contribution in [1.82, 2.24) is 0 Å². The van der Waals surface area contributed by atoms with Gasteiger partial charge in [0.15, 0.2) is 6.10 Å². The largest absolute Gasteiger partial charge is 0.462 e. The minimum Gasteiger partial charge on any atom is -0.462 e. The zero-order valence-electron chi connectivity index (χ0n) is 47.5. The number of ether oxygens (including phenoxy) is 3. The molecule has 1 atom stereocenters. The summed E-state index contributed by atoms with van der Waals surface area (Å²) in [5.74, 6) is -0.880. The van der Waals surface area contributed by atoms with E-state index in [0.29, 0.717) is 19.3 Å². The summed E-state index contributed by atoms with van der Waals surface area (Å²) in [4.78, 5) is 38.2. The minimum atomic E-state index is -0.780. The molecule has 0 amide bonds. The highest BCUT2D eigenvalue weighted by Gasteiger charge is 2.19. The summed E-state index contributed by atoms with van der Waals surface area (Å²) >= 11 is 0. The summed E-state index contributed by atoms with van der Waals surface area (Å²) in [6.45, 7) is 6.60. The molecule has 1 unspecified atom stereocenters. The maximum absolute atomic E-state index is 12.9. The van der Waals surface area contributed by atoms with E-state index in [-0.39, 0.29) is 31.1 Å². The number of hydrogen-bond acceptors (Lipinski definition) is 6. The fourth-order valence-corrected chi connectivity index (χ4v) is 9.06. The van der Waals surface area contributed by atoms with Gasteiger partial charge in [0.2, 0.25) is 0 Å². The van der Waals surface area contributed by atoms with Crippen molar-refractivity contribution < 1.29 is 28.6 Å². The van der Waals surface area contributed by atoms with Gasteiger partial charge in [0.1, 0.15) is 13.2 Å². The summed E-state index contributed by atoms with van der Waals surface area (Å²) < 4.78 is 16.9. The lowest BCUT2D eigenvalue weighted by atomic mass is 10.1. The first kappa shape index (κ1) is 68.4. The van der Waals surface area contributed by atoms with Gasteiger partial charge in [0, 0.05) is 19.3 Å². The maximum atomic E-state index is 12.9. The van der Waals surface area contributed by atoms with Crippen molar-refractivity contribution in [3.63, 3.8) is 0 Å². The zero-order valence-corrected chi connectivity index (χ0v) is 47.5. The number of carbonyl (C=O) groups excluding carboxylic acids is 3. The van der Waals surface area contributed by atoms with Gasteiger partial charge in [0.05, 0.1) is 0 Å². The van der Waals surface area contributed by atoms with Crippen LogP contribution in [0.1, 0.15) is 329 Å². The van der Waals surface area contributed by atoms with E-state index in [9.17, 15) is 14.4 Å². The first-order chi connectivity index (χ1) is 35.0. The quantitative estimate of drug-likeness (QED) is 0.0261. The van der Waals surface area contributed by atoms with Crippen molar-refractivity contribution in [2.45, 2.75) is 335 Å². The van der Waals surface area contributed by atoms with Crippen LogP contribution >= 0.6 is 0 Å². The molecule has 0 spiro atoms. The van der Waals surface area contributed by atoms with Gasteiger partial charge in [0.25, 0.3) is 0 Å². The third-order valence-electron chi connectivity index (χ3n) is 13.8. The van der Waals surface area contributed by atoms with E-state index in [1.54, 1.807) is 0 Å². The molecule has 414 valence electrons. The monoisotopic (exact) mass is 995 g/mol. The Morgan fingerprint density at radius 1 is 0.282 bits per heavy atom. The molecule has 0 saturated heterocycles. The Bertz CT molecular complexity index is 1230. The van der Waals surface area contributed by atoms with Gasteiger partial charge in [-0.2, -0.15) is 0 Å². The number of esters is 3. The summed E-state index contributed by atoms with van der Waals surface area (Å²) in [5.41, 5.74) is 0. The maximum Gasteiger partial charge on any atom is 0.306 e. The van der Waals surface area contributed by atoms with Gasteiger partial charge < -0.3 is 14.2 Å². The van der Waals surface area contributed by atoms with Crippen LogP contribution in [-0.4, -0.2) is 37.2 Å². The van der Waals surface area contributed by atoms with Crippen LogP contribution in [0.15, 0.2) is 48.6 Å². The molecule has 0 aromatic rings. The molecule has 0 rings (SSSR count). The lowest BCUT2D eigenvalue weighted by molar-refractivity contribution is -0.167. The average molecular weight is 996 g/mol. The highest BCUT2D eigenvalue weighted by molar-refractivity contribution is 5.71. The van der Waals surface area contributed by atoms with Crippen LogP contribution in [0, 0.1) is 0 Å². The van der Waals surface area contributed by atoms with Crippen molar-refractivity contribution in [1.29, 1.82) is 0 Å². The topological polar surface area (TPSA) is 78.9 Å². The molecular formula is C65H118O6. The number of unbranched alkanes of at least 4 members (excludes halogenated alkanes) is 38. The van der Waals surface area contributed by atoms with Gasteiger partial charge in [-0.3, -0.25) is 14.4 Å². The molecule has 6 nitrogen and oxygen atoms in total. The summed E-state index contributed by atoms with van der Waals surface area (Å²) in [6.07, 6.45) is 74.0. The molecule has 0 aliphatic carbocycles.